The summed E-state index contributed by atoms with van der Waals surface area (Å²) in [5, 5.41) is 1.72. The van der Waals surface area contributed by atoms with Gasteiger partial charge in [0.25, 0.3) is 5.91 Å². The minimum Gasteiger partial charge on any atom is -0.468 e. The van der Waals surface area contributed by atoms with Gasteiger partial charge in [-0.1, -0.05) is 43.7 Å². The molecule has 29 heavy (non-hydrogen) atoms. The molecule has 0 aliphatic rings. The number of furan rings is 1. The maximum absolute atomic E-state index is 13.3. The molecule has 1 aromatic heterocycles. The second kappa shape index (κ2) is 8.66. The largest absolute Gasteiger partial charge is 0.468 e. The zero-order valence-corrected chi connectivity index (χ0v) is 17.6. The van der Waals surface area contributed by atoms with Crippen molar-refractivity contribution in [3.63, 3.8) is 0 Å². The molecule has 0 aliphatic heterocycles. The summed E-state index contributed by atoms with van der Waals surface area (Å²) in [5.41, 5.74) is 2.58. The van der Waals surface area contributed by atoms with Crippen LogP contribution in [-0.2, 0) is 9.84 Å². The van der Waals surface area contributed by atoms with Crippen LogP contribution in [-0.4, -0.2) is 20.9 Å². The molecule has 0 radical (unpaired) electrons. The summed E-state index contributed by atoms with van der Waals surface area (Å²) < 4.78 is 32.0. The molecule has 0 bridgehead atoms. The summed E-state index contributed by atoms with van der Waals surface area (Å²) in [5.74, 6) is 0.274. The molecule has 3 rings (SSSR count). The van der Waals surface area contributed by atoms with Gasteiger partial charge in [-0.25, -0.2) is 8.42 Å². The van der Waals surface area contributed by atoms with Crippen LogP contribution < -0.4 is 5.32 Å². The van der Waals surface area contributed by atoms with Crippen molar-refractivity contribution in [2.24, 2.45) is 0 Å². The van der Waals surface area contributed by atoms with Crippen LogP contribution in [0.15, 0.2) is 76.2 Å². The van der Waals surface area contributed by atoms with E-state index in [-0.39, 0.29) is 17.3 Å². The third-order valence-corrected chi connectivity index (χ3v) is 6.95. The van der Waals surface area contributed by atoms with E-state index in [0.717, 1.165) is 11.1 Å². The molecule has 3 aromatic rings. The van der Waals surface area contributed by atoms with Gasteiger partial charge in [-0.05, 0) is 54.8 Å². The van der Waals surface area contributed by atoms with Crippen molar-refractivity contribution in [3.8, 4) is 0 Å². The van der Waals surface area contributed by atoms with E-state index in [1.54, 1.807) is 36.4 Å². The molecule has 5 nitrogen and oxygen atoms in total. The van der Waals surface area contributed by atoms with Crippen LogP contribution in [0.3, 0.4) is 0 Å². The summed E-state index contributed by atoms with van der Waals surface area (Å²) in [6, 6.07) is 17.2. The first kappa shape index (κ1) is 20.9. The SMILES string of the molecule is Cc1ccc(C(=O)NC[C@H](c2ccco2)S(=O)(=O)c2ccc(C(C)C)cc2)cc1. The topological polar surface area (TPSA) is 76.4 Å². The highest BCUT2D eigenvalue weighted by Crippen LogP contribution is 2.30. The first-order valence-corrected chi connectivity index (χ1v) is 11.1. The number of nitrogens with one attached hydrogen (secondary N) is 1. The molecule has 0 saturated heterocycles. The number of carbonyl (C=O) groups is 1. The Kier molecular flexibility index (Phi) is 6.23. The zero-order valence-electron chi connectivity index (χ0n) is 16.8. The van der Waals surface area contributed by atoms with Crippen molar-refractivity contribution < 1.29 is 17.6 Å². The second-order valence-electron chi connectivity index (χ2n) is 7.35. The van der Waals surface area contributed by atoms with Crippen LogP contribution in [0.2, 0.25) is 0 Å². The van der Waals surface area contributed by atoms with Crippen LogP contribution in [0.4, 0.5) is 0 Å². The second-order valence-corrected chi connectivity index (χ2v) is 9.48. The molecule has 0 saturated carbocycles. The Morgan fingerprint density at radius 1 is 1.00 bits per heavy atom. The Morgan fingerprint density at radius 2 is 1.66 bits per heavy atom. The quantitative estimate of drug-likeness (QED) is 0.614. The van der Waals surface area contributed by atoms with Gasteiger partial charge >= 0.3 is 0 Å². The van der Waals surface area contributed by atoms with Gasteiger partial charge in [0.15, 0.2) is 9.84 Å². The predicted molar refractivity (Wildman–Crippen MR) is 113 cm³/mol. The first-order valence-electron chi connectivity index (χ1n) is 9.51. The number of rotatable bonds is 7. The van der Waals surface area contributed by atoms with E-state index in [4.69, 9.17) is 4.42 Å². The van der Waals surface area contributed by atoms with Gasteiger partial charge in [0.1, 0.15) is 11.0 Å². The molecular formula is C23H25NO4S. The minimum atomic E-state index is -3.76. The highest BCUT2D eigenvalue weighted by molar-refractivity contribution is 7.91. The number of sulfone groups is 1. The van der Waals surface area contributed by atoms with Crippen molar-refractivity contribution in [2.45, 2.75) is 36.8 Å². The average molecular weight is 412 g/mol. The Hall–Kier alpha value is -2.86. The van der Waals surface area contributed by atoms with Gasteiger partial charge in [-0.15, -0.1) is 0 Å². The first-order chi connectivity index (χ1) is 13.8. The van der Waals surface area contributed by atoms with Crippen LogP contribution in [0, 0.1) is 6.92 Å². The maximum atomic E-state index is 13.3. The van der Waals surface area contributed by atoms with E-state index in [2.05, 4.69) is 19.2 Å². The number of hydrogen-bond donors (Lipinski definition) is 1. The summed E-state index contributed by atoms with van der Waals surface area (Å²) >= 11 is 0. The molecule has 1 atom stereocenters. The molecule has 0 spiro atoms. The third-order valence-electron chi connectivity index (χ3n) is 4.87. The van der Waals surface area contributed by atoms with Gasteiger partial charge in [0.05, 0.1) is 11.2 Å². The summed E-state index contributed by atoms with van der Waals surface area (Å²) in [6.45, 7) is 5.95. The van der Waals surface area contributed by atoms with Crippen molar-refractivity contribution in [3.05, 3.63) is 89.4 Å². The molecule has 6 heteroatoms. The van der Waals surface area contributed by atoms with Gasteiger partial charge in [0.2, 0.25) is 0 Å². The monoisotopic (exact) mass is 411 g/mol. The fourth-order valence-corrected chi connectivity index (χ4v) is 4.62. The normalized spacial score (nSPS) is 12.7. The molecular weight excluding hydrogens is 386 g/mol. The van der Waals surface area contributed by atoms with Crippen LogP contribution in [0.25, 0.3) is 0 Å². The van der Waals surface area contributed by atoms with Crippen molar-refractivity contribution in [1.82, 2.24) is 5.32 Å². The number of hydrogen-bond acceptors (Lipinski definition) is 4. The molecule has 1 heterocycles. The molecule has 1 N–H and O–H groups in total. The maximum Gasteiger partial charge on any atom is 0.251 e. The Labute approximate surface area is 171 Å². The third kappa shape index (κ3) is 4.77. The Morgan fingerprint density at radius 3 is 2.21 bits per heavy atom. The molecule has 0 fully saturated rings. The summed E-state index contributed by atoms with van der Waals surface area (Å²) in [4.78, 5) is 12.7. The van der Waals surface area contributed by atoms with Gasteiger partial charge in [-0.3, -0.25) is 4.79 Å². The highest BCUT2D eigenvalue weighted by atomic mass is 32.2. The van der Waals surface area contributed by atoms with E-state index in [9.17, 15) is 13.2 Å². The number of carbonyl (C=O) groups excluding carboxylic acids is 1. The van der Waals surface area contributed by atoms with Crippen molar-refractivity contribution >= 4 is 15.7 Å². The van der Waals surface area contributed by atoms with Crippen molar-refractivity contribution in [1.29, 1.82) is 0 Å². The Bertz CT molecular complexity index is 1050. The fourth-order valence-electron chi connectivity index (χ4n) is 3.04. The van der Waals surface area contributed by atoms with E-state index < -0.39 is 15.1 Å². The lowest BCUT2D eigenvalue weighted by Crippen LogP contribution is -2.31. The van der Waals surface area contributed by atoms with Crippen LogP contribution in [0.1, 0.15) is 52.3 Å². The van der Waals surface area contributed by atoms with Crippen molar-refractivity contribution in [2.75, 3.05) is 6.54 Å². The molecule has 152 valence electrons. The lowest BCUT2D eigenvalue weighted by molar-refractivity contribution is 0.0953. The average Bonchev–Trinajstić information content (AvgIpc) is 3.22. The summed E-state index contributed by atoms with van der Waals surface area (Å²) in [7, 11) is -3.76. The number of benzene rings is 2. The lowest BCUT2D eigenvalue weighted by Gasteiger charge is -2.17. The molecule has 1 amide bonds. The smallest absolute Gasteiger partial charge is 0.251 e. The van der Waals surface area contributed by atoms with Crippen LogP contribution in [0.5, 0.6) is 0 Å². The summed E-state index contributed by atoms with van der Waals surface area (Å²) in [6.07, 6.45) is 1.43. The van der Waals surface area contributed by atoms with E-state index in [0.29, 0.717) is 17.2 Å². The highest BCUT2D eigenvalue weighted by Gasteiger charge is 2.32. The standard InChI is InChI=1S/C23H25NO4S/c1-16(2)18-10-12-20(13-11-18)29(26,27)22(21-5-4-14-28-21)15-24-23(25)19-8-6-17(3)7-9-19/h4-14,16,22H,15H2,1-3H3,(H,24,25)/t22-/m1/s1. The molecule has 2 aromatic carbocycles. The van der Waals surface area contributed by atoms with E-state index >= 15 is 0 Å². The van der Waals surface area contributed by atoms with Crippen LogP contribution >= 0.6 is 0 Å². The zero-order chi connectivity index (χ0) is 21.0. The predicted octanol–water partition coefficient (Wildman–Crippen LogP) is 4.66. The Balaban J connectivity index is 1.85. The fraction of sp³-hybridized carbons (Fsp3) is 0.261. The number of aryl methyl sites for hydroxylation is 1. The van der Waals surface area contributed by atoms with E-state index in [1.807, 2.05) is 31.2 Å². The van der Waals surface area contributed by atoms with E-state index in [1.165, 1.54) is 6.26 Å². The van der Waals surface area contributed by atoms with Gasteiger partial charge in [-0.2, -0.15) is 0 Å². The van der Waals surface area contributed by atoms with Gasteiger partial charge in [0, 0.05) is 12.1 Å². The van der Waals surface area contributed by atoms with Gasteiger partial charge < -0.3 is 9.73 Å². The number of amides is 1. The lowest BCUT2D eigenvalue weighted by atomic mass is 10.0. The molecule has 0 unspecified atom stereocenters. The molecule has 0 aliphatic carbocycles. The minimum absolute atomic E-state index is 0.0888.